The average Bonchev–Trinajstić information content (AvgIpc) is 2.63. The summed E-state index contributed by atoms with van der Waals surface area (Å²) in [5, 5.41) is 0. The van der Waals surface area contributed by atoms with Crippen LogP contribution >= 0.6 is 0 Å². The lowest BCUT2D eigenvalue weighted by Crippen LogP contribution is -2.26. The Kier molecular flexibility index (Phi) is 3.65. The molecule has 4 nitrogen and oxygen atoms in total. The fourth-order valence-electron chi connectivity index (χ4n) is 2.27. The Hall–Kier alpha value is -1.84. The van der Waals surface area contributed by atoms with Gasteiger partial charge in [0.15, 0.2) is 5.78 Å². The molecule has 96 valence electrons. The first-order valence-electron chi connectivity index (χ1n) is 6.38. The molecule has 0 aliphatic heterocycles. The molecule has 1 aromatic carbocycles. The highest BCUT2D eigenvalue weighted by Gasteiger charge is 2.13. The summed E-state index contributed by atoms with van der Waals surface area (Å²) in [5.74, 6) is 0.110. The summed E-state index contributed by atoms with van der Waals surface area (Å²) in [6.07, 6.45) is 1.35. The van der Waals surface area contributed by atoms with Crippen molar-refractivity contribution in [2.45, 2.75) is 39.8 Å². The van der Waals surface area contributed by atoms with Crippen LogP contribution in [-0.4, -0.2) is 14.9 Å². The van der Waals surface area contributed by atoms with Crippen molar-refractivity contribution < 1.29 is 4.79 Å². The number of rotatable bonds is 5. The van der Waals surface area contributed by atoms with Gasteiger partial charge in [0, 0.05) is 13.0 Å². The first-order chi connectivity index (χ1) is 8.69. The quantitative estimate of drug-likeness (QED) is 0.811. The van der Waals surface area contributed by atoms with Crippen LogP contribution in [0.2, 0.25) is 0 Å². The average molecular weight is 246 g/mol. The zero-order valence-corrected chi connectivity index (χ0v) is 10.8. The maximum atomic E-state index is 12.2. The zero-order chi connectivity index (χ0) is 13.1. The Bertz CT molecular complexity index is 622. The highest BCUT2D eigenvalue weighted by atomic mass is 16.2. The Balaban J connectivity index is 2.53. The number of imidazole rings is 1. The maximum absolute atomic E-state index is 12.2. The number of fused-ring (bicyclic) bond motifs is 1. The molecular formula is C14H18N2O2. The van der Waals surface area contributed by atoms with Crippen LogP contribution in [0.3, 0.4) is 0 Å². The van der Waals surface area contributed by atoms with Gasteiger partial charge in [0.25, 0.3) is 0 Å². The zero-order valence-electron chi connectivity index (χ0n) is 10.8. The van der Waals surface area contributed by atoms with Crippen molar-refractivity contribution in [3.05, 3.63) is 34.7 Å². The second-order valence-electron chi connectivity index (χ2n) is 4.39. The van der Waals surface area contributed by atoms with E-state index in [0.717, 1.165) is 17.5 Å². The van der Waals surface area contributed by atoms with Gasteiger partial charge >= 0.3 is 5.69 Å². The van der Waals surface area contributed by atoms with Crippen LogP contribution in [0.1, 0.15) is 26.7 Å². The van der Waals surface area contributed by atoms with Crippen LogP contribution in [0.15, 0.2) is 29.1 Å². The number of carbonyl (C=O) groups is 1. The SMILES string of the molecule is CCCC(=O)Cn1c(=O)n(CC)c2ccccc21. The molecule has 2 aromatic rings. The van der Waals surface area contributed by atoms with Gasteiger partial charge in [-0.15, -0.1) is 0 Å². The van der Waals surface area contributed by atoms with Gasteiger partial charge in [0.05, 0.1) is 17.6 Å². The Labute approximate surface area is 106 Å². The van der Waals surface area contributed by atoms with Crippen molar-refractivity contribution >= 4 is 16.8 Å². The fourth-order valence-corrected chi connectivity index (χ4v) is 2.27. The van der Waals surface area contributed by atoms with Crippen molar-refractivity contribution in [2.24, 2.45) is 0 Å². The smallest absolute Gasteiger partial charge is 0.298 e. The van der Waals surface area contributed by atoms with E-state index in [1.54, 1.807) is 9.13 Å². The number of carbonyl (C=O) groups excluding carboxylic acids is 1. The van der Waals surface area contributed by atoms with E-state index in [9.17, 15) is 9.59 Å². The van der Waals surface area contributed by atoms with E-state index in [4.69, 9.17) is 0 Å². The molecule has 18 heavy (non-hydrogen) atoms. The Morgan fingerprint density at radius 1 is 1.11 bits per heavy atom. The second kappa shape index (κ2) is 5.21. The third-order valence-corrected chi connectivity index (χ3v) is 3.10. The summed E-state index contributed by atoms with van der Waals surface area (Å²) < 4.78 is 3.28. The van der Waals surface area contributed by atoms with E-state index in [1.165, 1.54) is 0 Å². The van der Waals surface area contributed by atoms with E-state index in [0.29, 0.717) is 13.0 Å². The molecule has 0 unspecified atom stereocenters. The summed E-state index contributed by atoms with van der Waals surface area (Å²) in [6, 6.07) is 7.61. The summed E-state index contributed by atoms with van der Waals surface area (Å²) >= 11 is 0. The molecule has 0 saturated heterocycles. The minimum atomic E-state index is -0.0943. The fraction of sp³-hybridized carbons (Fsp3) is 0.429. The minimum absolute atomic E-state index is 0.0943. The van der Waals surface area contributed by atoms with Crippen LogP contribution in [-0.2, 0) is 17.9 Å². The molecule has 0 aliphatic rings. The topological polar surface area (TPSA) is 44.0 Å². The molecule has 2 rings (SSSR count). The molecule has 0 aliphatic carbocycles. The number of nitrogens with zero attached hydrogens (tertiary/aromatic N) is 2. The number of aromatic nitrogens is 2. The molecule has 0 amide bonds. The van der Waals surface area contributed by atoms with Gasteiger partial charge in [-0.25, -0.2) is 4.79 Å². The lowest BCUT2D eigenvalue weighted by Gasteiger charge is -2.01. The second-order valence-corrected chi connectivity index (χ2v) is 4.39. The third kappa shape index (κ3) is 2.10. The van der Waals surface area contributed by atoms with Gasteiger partial charge in [-0.3, -0.25) is 13.9 Å². The predicted molar refractivity (Wildman–Crippen MR) is 71.8 cm³/mol. The standard InChI is InChI=1S/C14H18N2O2/c1-3-7-11(17)10-16-13-9-6-5-8-12(13)15(4-2)14(16)18/h5-6,8-9H,3-4,7,10H2,1-2H3. The molecule has 0 fully saturated rings. The lowest BCUT2D eigenvalue weighted by atomic mass is 10.2. The highest BCUT2D eigenvalue weighted by molar-refractivity contribution is 5.82. The predicted octanol–water partition coefficient (Wildman–Crippen LogP) is 2.19. The van der Waals surface area contributed by atoms with Gasteiger partial charge in [0.1, 0.15) is 0 Å². The summed E-state index contributed by atoms with van der Waals surface area (Å²) in [4.78, 5) is 24.0. The molecule has 0 atom stereocenters. The Morgan fingerprint density at radius 3 is 2.28 bits per heavy atom. The third-order valence-electron chi connectivity index (χ3n) is 3.10. The molecule has 1 aromatic heterocycles. The number of hydrogen-bond donors (Lipinski definition) is 0. The number of benzene rings is 1. The van der Waals surface area contributed by atoms with Crippen LogP contribution in [0.5, 0.6) is 0 Å². The van der Waals surface area contributed by atoms with Gasteiger partial charge in [0.2, 0.25) is 0 Å². The number of Topliss-reactive ketones (excluding diaryl/α,β-unsaturated/α-hetero) is 1. The van der Waals surface area contributed by atoms with Crippen molar-refractivity contribution in [2.75, 3.05) is 0 Å². The molecule has 0 bridgehead atoms. The van der Waals surface area contributed by atoms with Crippen molar-refractivity contribution in [3.8, 4) is 0 Å². The molecule has 0 N–H and O–H groups in total. The Morgan fingerprint density at radius 2 is 1.72 bits per heavy atom. The van der Waals surface area contributed by atoms with E-state index >= 15 is 0 Å². The summed E-state index contributed by atoms with van der Waals surface area (Å²) in [5.41, 5.74) is 1.64. The number of hydrogen-bond acceptors (Lipinski definition) is 2. The molecule has 4 heteroatoms. The molecule has 0 spiro atoms. The molecule has 1 heterocycles. The maximum Gasteiger partial charge on any atom is 0.329 e. The van der Waals surface area contributed by atoms with E-state index in [-0.39, 0.29) is 18.0 Å². The first-order valence-corrected chi connectivity index (χ1v) is 6.38. The largest absolute Gasteiger partial charge is 0.329 e. The van der Waals surface area contributed by atoms with Crippen LogP contribution in [0, 0.1) is 0 Å². The number of para-hydroxylation sites is 2. The van der Waals surface area contributed by atoms with Gasteiger partial charge in [-0.1, -0.05) is 19.1 Å². The van der Waals surface area contributed by atoms with Gasteiger partial charge < -0.3 is 0 Å². The van der Waals surface area contributed by atoms with E-state index in [2.05, 4.69) is 0 Å². The number of ketones is 1. The monoisotopic (exact) mass is 246 g/mol. The summed E-state index contributed by atoms with van der Waals surface area (Å²) in [7, 11) is 0. The van der Waals surface area contributed by atoms with Gasteiger partial charge in [-0.2, -0.15) is 0 Å². The number of aryl methyl sites for hydroxylation is 1. The lowest BCUT2D eigenvalue weighted by molar-refractivity contribution is -0.119. The first kappa shape index (κ1) is 12.6. The van der Waals surface area contributed by atoms with Crippen molar-refractivity contribution in [3.63, 3.8) is 0 Å². The van der Waals surface area contributed by atoms with Crippen LogP contribution in [0.4, 0.5) is 0 Å². The molecule has 0 saturated carbocycles. The van der Waals surface area contributed by atoms with Crippen molar-refractivity contribution in [1.29, 1.82) is 0 Å². The van der Waals surface area contributed by atoms with E-state index in [1.807, 2.05) is 38.1 Å². The van der Waals surface area contributed by atoms with E-state index < -0.39 is 0 Å². The molecular weight excluding hydrogens is 228 g/mol. The normalized spacial score (nSPS) is 11.0. The van der Waals surface area contributed by atoms with Crippen molar-refractivity contribution in [1.82, 2.24) is 9.13 Å². The highest BCUT2D eigenvalue weighted by Crippen LogP contribution is 2.12. The van der Waals surface area contributed by atoms with Gasteiger partial charge in [-0.05, 0) is 25.5 Å². The van der Waals surface area contributed by atoms with Crippen LogP contribution < -0.4 is 5.69 Å². The molecule has 0 radical (unpaired) electrons. The van der Waals surface area contributed by atoms with Crippen LogP contribution in [0.25, 0.3) is 11.0 Å². The minimum Gasteiger partial charge on any atom is -0.298 e. The summed E-state index contributed by atoms with van der Waals surface area (Å²) in [6.45, 7) is 4.70.